The van der Waals surface area contributed by atoms with Crippen LogP contribution in [0.4, 0.5) is 11.4 Å². The Morgan fingerprint density at radius 3 is 2.74 bits per heavy atom. The summed E-state index contributed by atoms with van der Waals surface area (Å²) in [5.41, 5.74) is 0.630. The molecule has 0 bridgehead atoms. The van der Waals surface area contributed by atoms with Crippen LogP contribution in [0.15, 0.2) is 24.3 Å². The van der Waals surface area contributed by atoms with Crippen molar-refractivity contribution in [2.75, 3.05) is 44.8 Å². The summed E-state index contributed by atoms with van der Waals surface area (Å²) < 4.78 is 12.0. The van der Waals surface area contributed by atoms with Crippen LogP contribution in [0.2, 0.25) is 18.1 Å². The molecule has 1 N–H and O–H groups in total. The van der Waals surface area contributed by atoms with Gasteiger partial charge >= 0.3 is 0 Å². The number of nitro benzene ring substituents is 1. The van der Waals surface area contributed by atoms with Gasteiger partial charge in [-0.15, -0.1) is 0 Å². The van der Waals surface area contributed by atoms with E-state index in [4.69, 9.17) is 9.16 Å². The van der Waals surface area contributed by atoms with E-state index in [1.165, 1.54) is 6.07 Å². The molecule has 1 aromatic rings. The molecule has 0 radical (unpaired) electrons. The van der Waals surface area contributed by atoms with Crippen LogP contribution in [-0.2, 0) is 9.16 Å². The van der Waals surface area contributed by atoms with E-state index in [1.807, 2.05) is 0 Å². The topological polar surface area (TPSA) is 76.9 Å². The van der Waals surface area contributed by atoms with Crippen molar-refractivity contribution in [2.45, 2.75) is 44.9 Å². The molecule has 8 heteroatoms. The lowest BCUT2D eigenvalue weighted by Crippen LogP contribution is -2.44. The van der Waals surface area contributed by atoms with Crippen LogP contribution in [0.1, 0.15) is 20.8 Å². The third-order valence-corrected chi connectivity index (χ3v) is 10.0. The molecule has 0 amide bonds. The van der Waals surface area contributed by atoms with Crippen molar-refractivity contribution in [1.29, 1.82) is 0 Å². The van der Waals surface area contributed by atoms with Crippen molar-refractivity contribution >= 4 is 19.7 Å². The molecular formula is C19H33N3O4Si. The number of hydrogen-bond acceptors (Lipinski definition) is 6. The van der Waals surface area contributed by atoms with Gasteiger partial charge in [-0.05, 0) is 24.2 Å². The van der Waals surface area contributed by atoms with Gasteiger partial charge < -0.3 is 14.5 Å². The van der Waals surface area contributed by atoms with E-state index in [2.05, 4.69) is 44.1 Å². The molecule has 1 atom stereocenters. The Balaban J connectivity index is 1.93. The summed E-state index contributed by atoms with van der Waals surface area (Å²) >= 11 is 0. The second kappa shape index (κ2) is 9.14. The van der Waals surface area contributed by atoms with Gasteiger partial charge in [-0.2, -0.15) is 0 Å². The number of ether oxygens (including phenoxy) is 1. The summed E-state index contributed by atoms with van der Waals surface area (Å²) in [5, 5.41) is 14.7. The minimum atomic E-state index is -1.75. The van der Waals surface area contributed by atoms with Gasteiger partial charge in [0.15, 0.2) is 8.32 Å². The molecule has 152 valence electrons. The quantitative estimate of drug-likeness (QED) is 0.431. The van der Waals surface area contributed by atoms with Crippen molar-refractivity contribution in [3.63, 3.8) is 0 Å². The van der Waals surface area contributed by atoms with Crippen LogP contribution >= 0.6 is 0 Å². The van der Waals surface area contributed by atoms with Crippen LogP contribution < -0.4 is 5.32 Å². The fourth-order valence-electron chi connectivity index (χ4n) is 2.79. The fraction of sp³-hybridized carbons (Fsp3) is 0.684. The predicted octanol–water partition coefficient (Wildman–Crippen LogP) is 3.73. The van der Waals surface area contributed by atoms with Crippen molar-refractivity contribution in [1.82, 2.24) is 4.90 Å². The van der Waals surface area contributed by atoms with Crippen LogP contribution in [0.3, 0.4) is 0 Å². The van der Waals surface area contributed by atoms with Crippen molar-refractivity contribution < 1.29 is 14.1 Å². The molecule has 1 aromatic carbocycles. The smallest absolute Gasteiger partial charge is 0.292 e. The SMILES string of the molecule is CC(C)(C)[Si](C)(C)OCCN1CCOCC(Nc2ccccc2[N+](=O)[O-])C1. The molecule has 1 saturated heterocycles. The van der Waals surface area contributed by atoms with Gasteiger partial charge in [0.25, 0.3) is 5.69 Å². The Kier molecular flexibility index (Phi) is 7.38. The molecule has 27 heavy (non-hydrogen) atoms. The van der Waals surface area contributed by atoms with Gasteiger partial charge in [0.05, 0.1) is 24.2 Å². The maximum atomic E-state index is 11.2. The number of nitro groups is 1. The van der Waals surface area contributed by atoms with E-state index in [-0.39, 0.29) is 21.7 Å². The lowest BCUT2D eigenvalue weighted by atomic mass is 10.2. The number of para-hydroxylation sites is 2. The third kappa shape index (κ3) is 6.27. The van der Waals surface area contributed by atoms with E-state index in [9.17, 15) is 10.1 Å². The van der Waals surface area contributed by atoms with E-state index < -0.39 is 8.32 Å². The number of rotatable bonds is 7. The number of benzene rings is 1. The zero-order chi connectivity index (χ0) is 20.1. The first kappa shape index (κ1) is 21.8. The Labute approximate surface area is 163 Å². The molecule has 0 saturated carbocycles. The van der Waals surface area contributed by atoms with Gasteiger partial charge in [-0.1, -0.05) is 32.9 Å². The van der Waals surface area contributed by atoms with Crippen molar-refractivity contribution in [3.8, 4) is 0 Å². The normalized spacial score (nSPS) is 19.5. The highest BCUT2D eigenvalue weighted by Gasteiger charge is 2.37. The molecule has 2 rings (SSSR count). The molecule has 7 nitrogen and oxygen atoms in total. The van der Waals surface area contributed by atoms with Crippen molar-refractivity contribution in [3.05, 3.63) is 34.4 Å². The number of nitrogens with one attached hydrogen (secondary N) is 1. The summed E-state index contributed by atoms with van der Waals surface area (Å²) in [6.45, 7) is 15.6. The first-order valence-electron chi connectivity index (χ1n) is 9.54. The molecule has 1 fully saturated rings. The largest absolute Gasteiger partial charge is 0.416 e. The number of hydrogen-bond donors (Lipinski definition) is 1. The van der Waals surface area contributed by atoms with Crippen LogP contribution in [-0.4, -0.2) is 63.6 Å². The average molecular weight is 396 g/mol. The Morgan fingerprint density at radius 2 is 2.07 bits per heavy atom. The summed E-state index contributed by atoms with van der Waals surface area (Å²) in [7, 11) is -1.75. The molecule has 1 aliphatic rings. The molecule has 0 aliphatic carbocycles. The summed E-state index contributed by atoms with van der Waals surface area (Å²) in [6.07, 6.45) is 0. The Morgan fingerprint density at radius 1 is 1.37 bits per heavy atom. The lowest BCUT2D eigenvalue weighted by molar-refractivity contribution is -0.384. The predicted molar refractivity (Wildman–Crippen MR) is 111 cm³/mol. The fourth-order valence-corrected chi connectivity index (χ4v) is 3.82. The maximum Gasteiger partial charge on any atom is 0.292 e. The monoisotopic (exact) mass is 395 g/mol. The van der Waals surface area contributed by atoms with Crippen LogP contribution in [0, 0.1) is 10.1 Å². The van der Waals surface area contributed by atoms with Gasteiger partial charge in [0, 0.05) is 32.3 Å². The summed E-state index contributed by atoms with van der Waals surface area (Å²) in [4.78, 5) is 13.2. The Hall–Kier alpha value is -1.48. The zero-order valence-corrected chi connectivity index (χ0v) is 18.2. The molecule has 0 spiro atoms. The van der Waals surface area contributed by atoms with Crippen LogP contribution in [0.5, 0.6) is 0 Å². The lowest BCUT2D eigenvalue weighted by Gasteiger charge is -2.37. The average Bonchev–Trinajstić information content (AvgIpc) is 2.79. The van der Waals surface area contributed by atoms with Gasteiger partial charge in [0.2, 0.25) is 0 Å². The molecular weight excluding hydrogens is 362 g/mol. The van der Waals surface area contributed by atoms with Gasteiger partial charge in [-0.25, -0.2) is 0 Å². The first-order chi connectivity index (χ1) is 12.6. The Bertz CT molecular complexity index is 634. The molecule has 1 aliphatic heterocycles. The van der Waals surface area contributed by atoms with E-state index in [0.29, 0.717) is 25.5 Å². The van der Waals surface area contributed by atoms with Crippen molar-refractivity contribution in [2.24, 2.45) is 0 Å². The van der Waals surface area contributed by atoms with Gasteiger partial charge in [0.1, 0.15) is 5.69 Å². The van der Waals surface area contributed by atoms with E-state index in [0.717, 1.165) is 19.6 Å². The second-order valence-electron chi connectivity index (χ2n) is 8.60. The van der Waals surface area contributed by atoms with Gasteiger partial charge in [-0.3, -0.25) is 15.0 Å². The standard InChI is InChI=1S/C19H33N3O4Si/c1-19(2,3)27(4,5)26-13-11-21-10-12-25-15-16(14-21)20-17-8-6-7-9-18(17)22(23)24/h6-9,16,20H,10-15H2,1-5H3. The maximum absolute atomic E-state index is 11.2. The molecule has 1 unspecified atom stereocenters. The minimum Gasteiger partial charge on any atom is -0.416 e. The van der Waals surface area contributed by atoms with E-state index in [1.54, 1.807) is 18.2 Å². The van der Waals surface area contributed by atoms with E-state index >= 15 is 0 Å². The summed E-state index contributed by atoms with van der Waals surface area (Å²) in [5.74, 6) is 0. The highest BCUT2D eigenvalue weighted by atomic mass is 28.4. The third-order valence-electron chi connectivity index (χ3n) is 5.49. The van der Waals surface area contributed by atoms with Crippen LogP contribution in [0.25, 0.3) is 0 Å². The second-order valence-corrected chi connectivity index (χ2v) is 13.4. The first-order valence-corrected chi connectivity index (χ1v) is 12.4. The molecule has 1 heterocycles. The zero-order valence-electron chi connectivity index (χ0n) is 17.2. The highest BCUT2D eigenvalue weighted by Crippen LogP contribution is 2.36. The minimum absolute atomic E-state index is 0.00136. The summed E-state index contributed by atoms with van der Waals surface area (Å²) in [6, 6.07) is 6.75. The number of anilines is 1. The number of nitrogens with zero attached hydrogens (tertiary/aromatic N) is 2. The highest BCUT2D eigenvalue weighted by molar-refractivity contribution is 6.74. The molecule has 0 aromatic heterocycles.